The Morgan fingerprint density at radius 2 is 1.83 bits per heavy atom. The van der Waals surface area contributed by atoms with Crippen LogP contribution in [0.2, 0.25) is 0 Å². The van der Waals surface area contributed by atoms with E-state index in [2.05, 4.69) is 46.8 Å². The molecular formula is C27H45NO. The van der Waals surface area contributed by atoms with Gasteiger partial charge >= 0.3 is 0 Å². The van der Waals surface area contributed by atoms with E-state index < -0.39 is 0 Å². The molecule has 2 heteroatoms. The van der Waals surface area contributed by atoms with Gasteiger partial charge in [-0.2, -0.15) is 0 Å². The standard InChI is InChI=1S/C27H45NO/c1-17(2)7-6-8-18(3)21-11-12-22-20-10-9-19-15-25(29)24(28)16-27(19,5)23(20)13-14-26(21,22)4/h9-10,17-18,21-25,29H,6-8,11-16,28H2,1-5H3/t18-,21-,22+,23+,24+,25-,26-,27+/m1/s1. The average Bonchev–Trinajstić information content (AvgIpc) is 3.00. The van der Waals surface area contributed by atoms with Crippen LogP contribution in [0.15, 0.2) is 23.3 Å². The molecule has 3 fully saturated rings. The van der Waals surface area contributed by atoms with Crippen molar-refractivity contribution in [3.05, 3.63) is 23.3 Å². The molecule has 29 heavy (non-hydrogen) atoms. The molecule has 3 N–H and O–H groups in total. The van der Waals surface area contributed by atoms with Crippen molar-refractivity contribution in [2.24, 2.45) is 46.2 Å². The minimum Gasteiger partial charge on any atom is -0.391 e. The van der Waals surface area contributed by atoms with Crippen molar-refractivity contribution >= 4 is 0 Å². The molecule has 0 unspecified atom stereocenters. The molecule has 2 nitrogen and oxygen atoms in total. The van der Waals surface area contributed by atoms with Crippen LogP contribution in [0.1, 0.15) is 92.4 Å². The van der Waals surface area contributed by atoms with Crippen molar-refractivity contribution in [2.75, 3.05) is 0 Å². The molecule has 0 heterocycles. The third-order valence-electron chi connectivity index (χ3n) is 9.88. The maximum Gasteiger partial charge on any atom is 0.0728 e. The highest BCUT2D eigenvalue weighted by atomic mass is 16.3. The first-order valence-electron chi connectivity index (χ1n) is 12.5. The summed E-state index contributed by atoms with van der Waals surface area (Å²) in [6, 6.07) is -0.0675. The van der Waals surface area contributed by atoms with Gasteiger partial charge < -0.3 is 10.8 Å². The van der Waals surface area contributed by atoms with E-state index in [9.17, 15) is 5.11 Å². The van der Waals surface area contributed by atoms with Crippen molar-refractivity contribution in [3.8, 4) is 0 Å². The lowest BCUT2D eigenvalue weighted by molar-refractivity contribution is 0.0245. The van der Waals surface area contributed by atoms with Gasteiger partial charge in [0, 0.05) is 6.04 Å². The van der Waals surface area contributed by atoms with E-state index in [0.29, 0.717) is 11.3 Å². The Hall–Kier alpha value is -0.600. The van der Waals surface area contributed by atoms with Crippen molar-refractivity contribution in [2.45, 2.75) is 105 Å². The molecular weight excluding hydrogens is 354 g/mol. The van der Waals surface area contributed by atoms with Crippen LogP contribution in [0.5, 0.6) is 0 Å². The highest BCUT2D eigenvalue weighted by Gasteiger charge is 2.57. The molecule has 164 valence electrons. The maximum atomic E-state index is 10.3. The molecule has 0 spiro atoms. The number of hydrogen-bond acceptors (Lipinski definition) is 2. The molecule has 0 aromatic rings. The zero-order valence-electron chi connectivity index (χ0n) is 19.6. The lowest BCUT2D eigenvalue weighted by Crippen LogP contribution is -2.52. The van der Waals surface area contributed by atoms with E-state index in [1.807, 2.05) is 0 Å². The Balaban J connectivity index is 1.54. The predicted octanol–water partition coefficient (Wildman–Crippen LogP) is 6.25. The highest BCUT2D eigenvalue weighted by Crippen LogP contribution is 2.66. The van der Waals surface area contributed by atoms with Crippen LogP contribution in [-0.4, -0.2) is 17.3 Å². The third kappa shape index (κ3) is 3.57. The van der Waals surface area contributed by atoms with Crippen LogP contribution < -0.4 is 5.73 Å². The van der Waals surface area contributed by atoms with Crippen LogP contribution >= 0.6 is 0 Å². The molecule has 4 aliphatic rings. The monoisotopic (exact) mass is 399 g/mol. The number of hydrogen-bond donors (Lipinski definition) is 2. The van der Waals surface area contributed by atoms with E-state index >= 15 is 0 Å². The van der Waals surface area contributed by atoms with Gasteiger partial charge in [-0.25, -0.2) is 0 Å². The van der Waals surface area contributed by atoms with Gasteiger partial charge in [0.15, 0.2) is 0 Å². The normalized spacial score (nSPS) is 45.2. The summed E-state index contributed by atoms with van der Waals surface area (Å²) < 4.78 is 0. The van der Waals surface area contributed by atoms with Gasteiger partial charge in [-0.3, -0.25) is 0 Å². The second-order valence-corrected chi connectivity index (χ2v) is 12.1. The van der Waals surface area contributed by atoms with Crippen LogP contribution in [0.3, 0.4) is 0 Å². The van der Waals surface area contributed by atoms with E-state index in [4.69, 9.17) is 5.73 Å². The number of allylic oxidation sites excluding steroid dienone is 3. The van der Waals surface area contributed by atoms with Gasteiger partial charge in [0.05, 0.1) is 6.10 Å². The minimum absolute atomic E-state index is 0.0675. The summed E-state index contributed by atoms with van der Waals surface area (Å²) >= 11 is 0. The molecule has 0 aromatic carbocycles. The Kier molecular flexibility index (Phi) is 5.84. The maximum absolute atomic E-state index is 10.3. The largest absolute Gasteiger partial charge is 0.391 e. The summed E-state index contributed by atoms with van der Waals surface area (Å²) in [5, 5.41) is 10.3. The summed E-state index contributed by atoms with van der Waals surface area (Å²) in [7, 11) is 0. The van der Waals surface area contributed by atoms with Gasteiger partial charge in [-0.1, -0.05) is 77.2 Å². The zero-order valence-corrected chi connectivity index (χ0v) is 19.6. The number of nitrogens with two attached hydrogens (primary N) is 1. The molecule has 8 atom stereocenters. The Bertz CT molecular complexity index is 678. The molecule has 0 aromatic heterocycles. The Labute approximate surface area is 179 Å². The first-order chi connectivity index (χ1) is 13.7. The molecule has 0 aliphatic heterocycles. The molecule has 0 radical (unpaired) electrons. The van der Waals surface area contributed by atoms with Crippen LogP contribution in [0, 0.1) is 40.4 Å². The van der Waals surface area contributed by atoms with Gasteiger partial charge in [-0.15, -0.1) is 0 Å². The zero-order chi connectivity index (χ0) is 21.0. The van der Waals surface area contributed by atoms with E-state index in [1.54, 1.807) is 5.57 Å². The molecule has 3 saturated carbocycles. The molecule has 4 rings (SSSR count). The van der Waals surface area contributed by atoms with Crippen molar-refractivity contribution in [3.63, 3.8) is 0 Å². The number of aliphatic hydroxyl groups is 1. The number of aliphatic hydroxyl groups excluding tert-OH is 1. The minimum atomic E-state index is -0.360. The van der Waals surface area contributed by atoms with Gasteiger partial charge in [0.2, 0.25) is 0 Å². The quantitative estimate of drug-likeness (QED) is 0.574. The highest BCUT2D eigenvalue weighted by molar-refractivity contribution is 5.39. The predicted molar refractivity (Wildman–Crippen MR) is 122 cm³/mol. The molecule has 0 amide bonds. The fraction of sp³-hybridized carbons (Fsp3) is 0.852. The van der Waals surface area contributed by atoms with Crippen molar-refractivity contribution in [1.82, 2.24) is 0 Å². The number of fused-ring (bicyclic) bond motifs is 5. The topological polar surface area (TPSA) is 46.2 Å². The summed E-state index contributed by atoms with van der Waals surface area (Å²) in [6.45, 7) is 12.3. The van der Waals surface area contributed by atoms with Crippen molar-refractivity contribution < 1.29 is 5.11 Å². The van der Waals surface area contributed by atoms with E-state index in [-0.39, 0.29) is 17.6 Å². The van der Waals surface area contributed by atoms with Gasteiger partial charge in [-0.05, 0) is 78.9 Å². The SMILES string of the molecule is CC(C)CCC[C@@H](C)[C@H]1CC[C@H]2C3=CC=C4C[C@@H](O)[C@@H](N)C[C@]4(C)[C@H]3CC[C@]12C. The lowest BCUT2D eigenvalue weighted by atomic mass is 9.49. The smallest absolute Gasteiger partial charge is 0.0728 e. The second kappa shape index (κ2) is 7.83. The van der Waals surface area contributed by atoms with E-state index in [0.717, 1.165) is 36.5 Å². The fourth-order valence-corrected chi connectivity index (χ4v) is 8.13. The van der Waals surface area contributed by atoms with Gasteiger partial charge in [0.1, 0.15) is 0 Å². The Morgan fingerprint density at radius 1 is 1.07 bits per heavy atom. The summed E-state index contributed by atoms with van der Waals surface area (Å²) in [6.07, 6.45) is 15.9. The molecule has 4 aliphatic carbocycles. The summed E-state index contributed by atoms with van der Waals surface area (Å²) in [5.74, 6) is 3.98. The molecule has 0 bridgehead atoms. The van der Waals surface area contributed by atoms with Gasteiger partial charge in [0.25, 0.3) is 0 Å². The lowest BCUT2D eigenvalue weighted by Gasteiger charge is -2.56. The molecule has 0 saturated heterocycles. The third-order valence-corrected chi connectivity index (χ3v) is 9.88. The average molecular weight is 400 g/mol. The first-order valence-corrected chi connectivity index (χ1v) is 12.5. The second-order valence-electron chi connectivity index (χ2n) is 12.1. The van der Waals surface area contributed by atoms with E-state index in [1.165, 1.54) is 50.5 Å². The fourth-order valence-electron chi connectivity index (χ4n) is 8.13. The summed E-state index contributed by atoms with van der Waals surface area (Å²) in [4.78, 5) is 0. The Morgan fingerprint density at radius 3 is 2.55 bits per heavy atom. The van der Waals surface area contributed by atoms with Crippen LogP contribution in [0.4, 0.5) is 0 Å². The first kappa shape index (κ1) is 21.6. The summed E-state index contributed by atoms with van der Waals surface area (Å²) in [5.41, 5.74) is 10.2. The number of rotatable bonds is 5. The van der Waals surface area contributed by atoms with Crippen molar-refractivity contribution in [1.29, 1.82) is 0 Å². The van der Waals surface area contributed by atoms with Crippen LogP contribution in [0.25, 0.3) is 0 Å². The van der Waals surface area contributed by atoms with Crippen LogP contribution in [-0.2, 0) is 0 Å².